The van der Waals surface area contributed by atoms with Crippen molar-refractivity contribution in [3.8, 4) is 5.75 Å². The number of hydrogen-bond acceptors (Lipinski definition) is 5. The summed E-state index contributed by atoms with van der Waals surface area (Å²) in [4.78, 5) is 30.2. The zero-order valence-corrected chi connectivity index (χ0v) is 23.9. The Labute approximate surface area is 245 Å². The smallest absolute Gasteiger partial charge is 0.408 e. The third-order valence-electron chi connectivity index (χ3n) is 8.60. The maximum Gasteiger partial charge on any atom is 0.408 e. The van der Waals surface area contributed by atoms with Crippen LogP contribution in [0.25, 0.3) is 0 Å². The quantitative estimate of drug-likeness (QED) is 0.346. The maximum atomic E-state index is 14.0. The highest BCUT2D eigenvalue weighted by atomic mass is 35.5. The van der Waals surface area contributed by atoms with Crippen molar-refractivity contribution >= 4 is 23.4 Å². The molecule has 3 atom stereocenters. The summed E-state index contributed by atoms with van der Waals surface area (Å²) < 4.78 is 72.5. The highest BCUT2D eigenvalue weighted by Crippen LogP contribution is 2.43. The van der Waals surface area contributed by atoms with E-state index in [9.17, 15) is 31.5 Å². The molecule has 2 aromatic rings. The molecule has 0 radical (unpaired) electrons. The lowest BCUT2D eigenvalue weighted by Crippen LogP contribution is -2.49. The molecule has 2 fully saturated rings. The lowest BCUT2D eigenvalue weighted by molar-refractivity contribution is -0.144. The fourth-order valence-electron chi connectivity index (χ4n) is 6.49. The van der Waals surface area contributed by atoms with Gasteiger partial charge in [0.05, 0.1) is 6.04 Å². The summed E-state index contributed by atoms with van der Waals surface area (Å²) in [6.45, 7) is 0.957. The number of halogens is 6. The van der Waals surface area contributed by atoms with Gasteiger partial charge >= 0.3 is 6.18 Å². The number of carbonyl (C=O) groups excluding carboxylic acids is 2. The van der Waals surface area contributed by atoms with Crippen molar-refractivity contribution in [1.82, 2.24) is 24.8 Å². The zero-order chi connectivity index (χ0) is 30.2. The lowest BCUT2D eigenvalue weighted by Gasteiger charge is -2.43. The van der Waals surface area contributed by atoms with Gasteiger partial charge in [0, 0.05) is 42.6 Å². The van der Waals surface area contributed by atoms with E-state index in [1.165, 1.54) is 0 Å². The zero-order valence-electron chi connectivity index (χ0n) is 23.2. The van der Waals surface area contributed by atoms with Crippen LogP contribution >= 0.6 is 11.6 Å². The van der Waals surface area contributed by atoms with Crippen molar-refractivity contribution in [2.45, 2.75) is 83.7 Å². The van der Waals surface area contributed by atoms with Crippen molar-refractivity contribution in [3.05, 3.63) is 39.7 Å². The molecule has 0 N–H and O–H groups in total. The Hall–Kier alpha value is -2.96. The Bertz CT molecular complexity index is 1320. The minimum Gasteiger partial charge on any atom is -0.487 e. The monoisotopic (exact) mass is 617 g/mol. The number of carbonyl (C=O) groups is 2. The molecule has 1 saturated heterocycles. The van der Waals surface area contributed by atoms with Crippen LogP contribution in [-0.4, -0.2) is 62.4 Å². The van der Waals surface area contributed by atoms with E-state index >= 15 is 0 Å². The molecule has 1 saturated carbocycles. The van der Waals surface area contributed by atoms with Crippen LogP contribution in [0.5, 0.6) is 5.75 Å². The van der Waals surface area contributed by atoms with Crippen molar-refractivity contribution in [2.24, 2.45) is 11.8 Å². The molecule has 0 spiro atoms. The van der Waals surface area contributed by atoms with Gasteiger partial charge in [-0.25, -0.2) is 13.5 Å². The predicted octanol–water partition coefficient (Wildman–Crippen LogP) is 5.88. The van der Waals surface area contributed by atoms with Gasteiger partial charge in [0.25, 0.3) is 6.43 Å². The maximum absolute atomic E-state index is 14.0. The molecule has 3 heterocycles. The van der Waals surface area contributed by atoms with Gasteiger partial charge in [0.2, 0.25) is 11.8 Å². The lowest BCUT2D eigenvalue weighted by atomic mass is 9.78. The van der Waals surface area contributed by atoms with Crippen LogP contribution < -0.4 is 4.74 Å². The predicted molar refractivity (Wildman–Crippen MR) is 142 cm³/mol. The highest BCUT2D eigenvalue weighted by Gasteiger charge is 2.41. The first kappa shape index (κ1) is 30.5. The second-order valence-electron chi connectivity index (χ2n) is 11.3. The van der Waals surface area contributed by atoms with Gasteiger partial charge in [0.15, 0.2) is 0 Å². The van der Waals surface area contributed by atoms with Crippen molar-refractivity contribution < 1.29 is 36.3 Å². The summed E-state index contributed by atoms with van der Waals surface area (Å²) in [6, 6.07) is 2.56. The van der Waals surface area contributed by atoms with E-state index in [4.69, 9.17) is 16.3 Å². The topological polar surface area (TPSA) is 80.6 Å². The number of fused-ring (bicyclic) bond motifs is 1. The molecule has 0 unspecified atom stereocenters. The summed E-state index contributed by atoms with van der Waals surface area (Å²) in [6.07, 6.45) is -2.73. The second kappa shape index (κ2) is 12.3. The van der Waals surface area contributed by atoms with Crippen LogP contribution in [0.2, 0.25) is 5.02 Å². The summed E-state index contributed by atoms with van der Waals surface area (Å²) in [5.41, 5.74) is -0.102. The summed E-state index contributed by atoms with van der Waals surface area (Å²) >= 11 is 6.60. The number of likely N-dealkylation sites (tertiary alicyclic amines) is 1. The molecule has 3 aliphatic rings. The molecule has 5 rings (SSSR count). The number of benzene rings is 1. The summed E-state index contributed by atoms with van der Waals surface area (Å²) in [7, 11) is 0. The van der Waals surface area contributed by atoms with Crippen LogP contribution in [-0.2, 0) is 29.2 Å². The molecular weight excluding hydrogens is 585 g/mol. The Morgan fingerprint density at radius 3 is 2.57 bits per heavy atom. The Morgan fingerprint density at radius 1 is 1.14 bits per heavy atom. The number of rotatable bonds is 8. The number of nitrogens with zero attached hydrogens (tertiary/aromatic N) is 5. The molecule has 1 aromatic heterocycles. The van der Waals surface area contributed by atoms with Crippen molar-refractivity contribution in [1.29, 1.82) is 0 Å². The molecule has 1 aliphatic carbocycles. The third kappa shape index (κ3) is 6.35. The summed E-state index contributed by atoms with van der Waals surface area (Å²) in [5, 5.41) is 7.29. The first-order chi connectivity index (χ1) is 19.9. The Morgan fingerprint density at radius 2 is 1.90 bits per heavy atom. The second-order valence-corrected chi connectivity index (χ2v) is 11.7. The summed E-state index contributed by atoms with van der Waals surface area (Å²) in [5.74, 6) is 0.283. The molecule has 230 valence electrons. The van der Waals surface area contributed by atoms with Crippen LogP contribution in [0.1, 0.15) is 80.4 Å². The van der Waals surface area contributed by atoms with Crippen LogP contribution in [0, 0.1) is 11.8 Å². The highest BCUT2D eigenvalue weighted by molar-refractivity contribution is 6.31. The van der Waals surface area contributed by atoms with Gasteiger partial charge in [-0.15, -0.1) is 5.10 Å². The van der Waals surface area contributed by atoms with E-state index in [2.05, 4.69) is 17.2 Å². The average Bonchev–Trinajstić information content (AvgIpc) is 3.52. The molecular formula is C28H33ClF5N5O3. The first-order valence-electron chi connectivity index (χ1n) is 14.2. The number of ether oxygens (including phenoxy) is 1. The van der Waals surface area contributed by atoms with E-state index in [0.717, 1.165) is 31.2 Å². The first-order valence-corrected chi connectivity index (χ1v) is 14.6. The molecule has 2 aliphatic heterocycles. The average molecular weight is 618 g/mol. The number of alkyl halides is 5. The molecule has 8 nitrogen and oxygen atoms in total. The molecule has 1 aromatic carbocycles. The number of aromatic nitrogens is 3. The molecule has 14 heteroatoms. The van der Waals surface area contributed by atoms with Gasteiger partial charge in [-0.1, -0.05) is 36.6 Å². The minimum absolute atomic E-state index is 0.00509. The standard InChI is InChI=1S/C28H33ClF5N5O3/c1-16-5-2-3-6-17(16)27(41)38-12-10-18-19(29)8-9-22(24(18)21(38)13-37-11-4-7-23(37)40)42-14-20-25(26(30)31)39(36-35-20)15-28(32,33)34/h8-9,16-17,21,26H,2-7,10-15H2,1H3/t16-,17+,21+/m0/s1. The van der Waals surface area contributed by atoms with Crippen LogP contribution in [0.4, 0.5) is 22.0 Å². The normalized spacial score (nSPS) is 23.0. The number of amides is 2. The van der Waals surface area contributed by atoms with E-state index in [0.29, 0.717) is 42.9 Å². The van der Waals surface area contributed by atoms with Gasteiger partial charge in [-0.05, 0) is 49.3 Å². The van der Waals surface area contributed by atoms with E-state index in [1.807, 2.05) is 0 Å². The van der Waals surface area contributed by atoms with E-state index in [-0.39, 0.29) is 40.6 Å². The fourth-order valence-corrected chi connectivity index (χ4v) is 6.75. The Kier molecular flexibility index (Phi) is 8.96. The largest absolute Gasteiger partial charge is 0.487 e. The fraction of sp³-hybridized carbons (Fsp3) is 0.643. The van der Waals surface area contributed by atoms with Gasteiger partial charge in [-0.2, -0.15) is 13.2 Å². The Balaban J connectivity index is 1.49. The van der Waals surface area contributed by atoms with Crippen molar-refractivity contribution in [3.63, 3.8) is 0 Å². The van der Waals surface area contributed by atoms with Crippen LogP contribution in [0.15, 0.2) is 12.1 Å². The SMILES string of the molecule is C[C@H]1CCCC[C@H]1C(=O)N1CCc2c(Cl)ccc(OCc3nnn(CC(F)(F)F)c3C(F)F)c2[C@H]1CN1CCCC1=O. The molecule has 2 amide bonds. The van der Waals surface area contributed by atoms with Gasteiger partial charge in [0.1, 0.15) is 30.3 Å². The minimum atomic E-state index is -4.77. The van der Waals surface area contributed by atoms with E-state index < -0.39 is 43.2 Å². The molecule has 42 heavy (non-hydrogen) atoms. The molecule has 0 bridgehead atoms. The van der Waals surface area contributed by atoms with Gasteiger partial charge < -0.3 is 14.5 Å². The number of hydrogen-bond donors (Lipinski definition) is 0. The van der Waals surface area contributed by atoms with Crippen LogP contribution in [0.3, 0.4) is 0 Å². The van der Waals surface area contributed by atoms with E-state index in [1.54, 1.807) is 21.9 Å². The third-order valence-corrected chi connectivity index (χ3v) is 8.95. The van der Waals surface area contributed by atoms with Crippen molar-refractivity contribution in [2.75, 3.05) is 19.6 Å². The van der Waals surface area contributed by atoms with Gasteiger partial charge in [-0.3, -0.25) is 9.59 Å².